The van der Waals surface area contributed by atoms with E-state index in [0.717, 1.165) is 100 Å². The molecule has 8 rings (SSSR count). The Bertz CT molecular complexity index is 2260. The Morgan fingerprint density at radius 3 is 1.71 bits per heavy atom. The molecule has 3 aromatic carbocycles. The van der Waals surface area contributed by atoms with E-state index in [-0.39, 0.29) is 16.1 Å². The van der Waals surface area contributed by atoms with Gasteiger partial charge in [0.05, 0.1) is 17.6 Å². The zero-order valence-corrected chi connectivity index (χ0v) is 41.8. The SMILES string of the molecule is CC[C@H]1CNCCN1C1CCN(Cc2ccc(Cl)cc2F)CC1.[C-]#[N+]c1ccc(N2CCN(C3CCN(Cc4ccc(Cl)cc4F)CC3)[C@@H](CC)C2)c(Br)c1.[C-]#[N+]c1cnc(F)c(Br)c1. The summed E-state index contributed by atoms with van der Waals surface area (Å²) in [5, 5.41) is 4.42. The summed E-state index contributed by atoms with van der Waals surface area (Å²) >= 11 is 18.3. The summed E-state index contributed by atoms with van der Waals surface area (Å²) in [6.45, 7) is 30.2. The van der Waals surface area contributed by atoms with E-state index in [9.17, 15) is 13.2 Å². The zero-order chi connectivity index (χ0) is 46.5. The average Bonchev–Trinajstić information content (AvgIpc) is 3.32. The highest BCUT2D eigenvalue weighted by atomic mass is 79.9. The van der Waals surface area contributed by atoms with Crippen molar-refractivity contribution < 1.29 is 13.2 Å². The Balaban J connectivity index is 0.000000184. The van der Waals surface area contributed by atoms with Crippen LogP contribution in [0.3, 0.4) is 0 Å². The molecule has 0 radical (unpaired) electrons. The Labute approximate surface area is 410 Å². The molecular weight excluding hydrogens is 1000 g/mol. The van der Waals surface area contributed by atoms with Crippen LogP contribution in [0, 0.1) is 30.7 Å². The Morgan fingerprint density at radius 2 is 1.22 bits per heavy atom. The number of pyridine rings is 1. The number of hydrogen-bond donors (Lipinski definition) is 1. The lowest BCUT2D eigenvalue weighted by molar-refractivity contribution is 0.0541. The molecule has 0 aliphatic carbocycles. The van der Waals surface area contributed by atoms with E-state index >= 15 is 0 Å². The lowest BCUT2D eigenvalue weighted by atomic mass is 9.97. The van der Waals surface area contributed by atoms with Crippen LogP contribution in [0.15, 0.2) is 75.8 Å². The first kappa shape index (κ1) is 51.1. The number of likely N-dealkylation sites (tertiary alicyclic amines) is 2. The number of piperidine rings is 2. The molecule has 16 heteroatoms. The fraction of sp³-hybridized carbons (Fsp3) is 0.490. The van der Waals surface area contributed by atoms with Gasteiger partial charge in [-0.2, -0.15) is 4.39 Å². The first-order valence-corrected chi connectivity index (χ1v) is 24.9. The molecule has 4 saturated heterocycles. The average molecular weight is 1060 g/mol. The highest BCUT2D eigenvalue weighted by Crippen LogP contribution is 2.34. The van der Waals surface area contributed by atoms with E-state index in [1.54, 1.807) is 18.2 Å². The molecule has 4 fully saturated rings. The van der Waals surface area contributed by atoms with Crippen LogP contribution in [-0.4, -0.2) is 114 Å². The minimum atomic E-state index is -0.590. The van der Waals surface area contributed by atoms with E-state index in [0.29, 0.717) is 58.7 Å². The number of nitrogens with one attached hydrogen (secondary N) is 1. The van der Waals surface area contributed by atoms with E-state index < -0.39 is 5.95 Å². The van der Waals surface area contributed by atoms with Crippen LogP contribution in [0.4, 0.5) is 30.2 Å². The quantitative estimate of drug-likeness (QED) is 0.132. The molecule has 9 nitrogen and oxygen atoms in total. The van der Waals surface area contributed by atoms with Crippen molar-refractivity contribution in [2.75, 3.05) is 70.3 Å². The number of nitrogens with zero attached hydrogens (tertiary/aromatic N) is 8. The molecule has 0 amide bonds. The van der Waals surface area contributed by atoms with Gasteiger partial charge in [-0.15, -0.1) is 0 Å². The number of piperazine rings is 2. The van der Waals surface area contributed by atoms with E-state index in [1.807, 2.05) is 18.2 Å². The van der Waals surface area contributed by atoms with Gasteiger partial charge >= 0.3 is 0 Å². The largest absolute Gasteiger partial charge is 0.368 e. The predicted molar refractivity (Wildman–Crippen MR) is 265 cm³/mol. The molecule has 4 aliphatic rings. The molecule has 65 heavy (non-hydrogen) atoms. The van der Waals surface area contributed by atoms with Crippen LogP contribution in [0.25, 0.3) is 9.69 Å². The van der Waals surface area contributed by atoms with Gasteiger partial charge in [0.2, 0.25) is 11.6 Å². The molecule has 0 unspecified atom stereocenters. The predicted octanol–water partition coefficient (Wildman–Crippen LogP) is 12.0. The number of hydrogen-bond acceptors (Lipinski definition) is 7. The standard InChI is InChI=1S/C25H29BrClFN4.C18H27ClFN3.C6H2BrFN2/c1-3-21-17-31(25-7-6-20(29-2)15-23(25)26)12-13-32(21)22-8-10-30(11-9-22)16-18-4-5-19(27)14-24(18)28;1-2-16-12-21-7-10-23(16)17-5-8-22(9-6-17)13-14-3-4-15(19)11-18(14)20;1-9-4-2-5(7)6(8)10-3-4/h4-7,14-15,21-22H,3,8-13,16-17H2,1H3;3-4,11,16-17,21H,2,5-10,12-13H2,1H3;2-3H/t21-;16-;/m00./s1. The van der Waals surface area contributed by atoms with Gasteiger partial charge in [0.1, 0.15) is 11.6 Å². The third-order valence-corrected chi connectivity index (χ3v) is 14.7. The highest BCUT2D eigenvalue weighted by molar-refractivity contribution is 9.10. The van der Waals surface area contributed by atoms with E-state index in [1.165, 1.54) is 49.3 Å². The molecule has 2 atom stereocenters. The van der Waals surface area contributed by atoms with Gasteiger partial charge in [0.15, 0.2) is 5.69 Å². The molecule has 1 aromatic heterocycles. The number of halogens is 7. The molecule has 0 spiro atoms. The van der Waals surface area contributed by atoms with Gasteiger partial charge in [-0.25, -0.2) is 23.5 Å². The third kappa shape index (κ3) is 14.4. The van der Waals surface area contributed by atoms with Crippen molar-refractivity contribution in [3.05, 3.63) is 137 Å². The van der Waals surface area contributed by atoms with Gasteiger partial charge in [-0.05, 0) is 139 Å². The summed E-state index contributed by atoms with van der Waals surface area (Å²) in [6, 6.07) is 19.7. The molecule has 4 aliphatic heterocycles. The van der Waals surface area contributed by atoms with Gasteiger partial charge in [-0.1, -0.05) is 55.2 Å². The van der Waals surface area contributed by atoms with Crippen molar-refractivity contribution in [1.82, 2.24) is 29.9 Å². The van der Waals surface area contributed by atoms with Crippen LogP contribution >= 0.6 is 55.1 Å². The summed E-state index contributed by atoms with van der Waals surface area (Å²) in [5.41, 5.74) is 3.64. The van der Waals surface area contributed by atoms with Crippen LogP contribution in [0.1, 0.15) is 63.5 Å². The normalized spacial score (nSPS) is 20.5. The Hall–Kier alpha value is -3.28. The highest BCUT2D eigenvalue weighted by Gasteiger charge is 2.34. The molecule has 0 bridgehead atoms. The summed E-state index contributed by atoms with van der Waals surface area (Å²) in [6.07, 6.45) is 8.13. The fourth-order valence-corrected chi connectivity index (χ4v) is 10.7. The fourth-order valence-electron chi connectivity index (χ4n) is 9.46. The topological polar surface area (TPSA) is 49.8 Å². The molecular formula is C49H58Br2Cl2F3N9. The van der Waals surface area contributed by atoms with E-state index in [4.69, 9.17) is 36.3 Å². The molecule has 5 heterocycles. The van der Waals surface area contributed by atoms with Crippen LogP contribution < -0.4 is 10.2 Å². The monoisotopic (exact) mass is 1060 g/mol. The van der Waals surface area contributed by atoms with Crippen LogP contribution in [0.5, 0.6) is 0 Å². The summed E-state index contributed by atoms with van der Waals surface area (Å²) < 4.78 is 41.7. The first-order chi connectivity index (χ1) is 31.4. The second-order valence-corrected chi connectivity index (χ2v) is 19.6. The third-order valence-electron chi connectivity index (χ3n) is 13.0. The molecule has 1 N–H and O–H groups in total. The number of benzene rings is 3. The summed E-state index contributed by atoms with van der Waals surface area (Å²) in [7, 11) is 0. The maximum atomic E-state index is 14.2. The van der Waals surface area contributed by atoms with E-state index in [2.05, 4.69) is 96.3 Å². The van der Waals surface area contributed by atoms with Gasteiger partial charge in [0, 0.05) is 114 Å². The summed E-state index contributed by atoms with van der Waals surface area (Å²) in [5.74, 6) is -0.988. The lowest BCUT2D eigenvalue weighted by Gasteiger charge is -2.48. The van der Waals surface area contributed by atoms with Crippen molar-refractivity contribution >= 4 is 72.1 Å². The van der Waals surface area contributed by atoms with Crippen molar-refractivity contribution in [2.24, 2.45) is 0 Å². The smallest absolute Gasteiger partial charge is 0.224 e. The van der Waals surface area contributed by atoms with Crippen LogP contribution in [-0.2, 0) is 13.1 Å². The second-order valence-electron chi connectivity index (χ2n) is 17.1. The Kier molecular flexibility index (Phi) is 19.8. The molecule has 4 aromatic rings. The lowest BCUT2D eigenvalue weighted by Crippen LogP contribution is -2.58. The number of aromatic nitrogens is 1. The van der Waals surface area contributed by atoms with Crippen molar-refractivity contribution in [1.29, 1.82) is 0 Å². The Morgan fingerprint density at radius 1 is 0.677 bits per heavy atom. The van der Waals surface area contributed by atoms with Crippen LogP contribution in [0.2, 0.25) is 10.0 Å². The number of rotatable bonds is 9. The first-order valence-electron chi connectivity index (χ1n) is 22.5. The van der Waals surface area contributed by atoms with Gasteiger partial charge < -0.3 is 10.2 Å². The van der Waals surface area contributed by atoms with Gasteiger partial charge in [0.25, 0.3) is 0 Å². The minimum absolute atomic E-state index is 0.187. The maximum Gasteiger partial charge on any atom is 0.224 e. The molecule has 348 valence electrons. The molecule has 0 saturated carbocycles. The second kappa shape index (κ2) is 25.2. The minimum Gasteiger partial charge on any atom is -0.368 e. The number of anilines is 1. The van der Waals surface area contributed by atoms with Crippen molar-refractivity contribution in [3.8, 4) is 0 Å². The zero-order valence-electron chi connectivity index (χ0n) is 37.1. The maximum absolute atomic E-state index is 14.2. The van der Waals surface area contributed by atoms with Crippen molar-refractivity contribution in [3.63, 3.8) is 0 Å². The van der Waals surface area contributed by atoms with Gasteiger partial charge in [-0.3, -0.25) is 19.6 Å². The van der Waals surface area contributed by atoms with Crippen molar-refractivity contribution in [2.45, 2.75) is 89.6 Å². The summed E-state index contributed by atoms with van der Waals surface area (Å²) in [4.78, 5) is 22.5.